The fourth-order valence-electron chi connectivity index (χ4n) is 2.74. The zero-order valence-corrected chi connectivity index (χ0v) is 16.3. The van der Waals surface area contributed by atoms with E-state index < -0.39 is 9.71 Å². The fraction of sp³-hybridized carbons (Fsp3) is 0.200. The number of nitrogens with one attached hydrogen (secondary N) is 2. The second kappa shape index (κ2) is 7.75. The number of ether oxygens (including phenoxy) is 1. The fourth-order valence-corrected chi connectivity index (χ4v) is 3.87. The highest BCUT2D eigenvalue weighted by Gasteiger charge is 2.08. The summed E-state index contributed by atoms with van der Waals surface area (Å²) in [5.74, 6) is 1.18. The Morgan fingerprint density at radius 1 is 1.19 bits per heavy atom. The number of methoxy groups -OCH3 is 1. The first-order chi connectivity index (χ1) is 13.0. The molecule has 0 fully saturated rings. The van der Waals surface area contributed by atoms with Crippen LogP contribution < -0.4 is 14.8 Å². The average Bonchev–Trinajstić information content (AvgIpc) is 2.68. The molecule has 1 atom stereocenters. The predicted octanol–water partition coefficient (Wildman–Crippen LogP) is 4.15. The van der Waals surface area contributed by atoms with Crippen LogP contribution in [0.25, 0.3) is 10.9 Å². The van der Waals surface area contributed by atoms with Crippen LogP contribution in [0, 0.1) is 0 Å². The van der Waals surface area contributed by atoms with Crippen molar-refractivity contribution in [3.8, 4) is 11.5 Å². The zero-order chi connectivity index (χ0) is 19.4. The summed E-state index contributed by atoms with van der Waals surface area (Å²) >= 11 is 0. The molecule has 3 rings (SSSR count). The summed E-state index contributed by atoms with van der Waals surface area (Å²) in [4.78, 5) is 4.39. The highest BCUT2D eigenvalue weighted by atomic mass is 32.2. The zero-order valence-electron chi connectivity index (χ0n) is 15.5. The lowest BCUT2D eigenvalue weighted by atomic mass is 10.1. The average molecular weight is 385 g/mol. The normalized spacial score (nSPS) is 13.0. The third kappa shape index (κ3) is 4.25. The van der Waals surface area contributed by atoms with Gasteiger partial charge in [-0.1, -0.05) is 6.92 Å². The summed E-state index contributed by atoms with van der Waals surface area (Å²) in [6.45, 7) is 3.68. The van der Waals surface area contributed by atoms with Gasteiger partial charge in [-0.15, -0.1) is 0 Å². The Bertz CT molecular complexity index is 1090. The molecule has 3 aromatic rings. The van der Waals surface area contributed by atoms with Crippen LogP contribution in [0.4, 0.5) is 17.1 Å². The van der Waals surface area contributed by atoms with Gasteiger partial charge in [0.05, 0.1) is 12.6 Å². The molecule has 0 aliphatic carbocycles. The summed E-state index contributed by atoms with van der Waals surface area (Å²) in [6.07, 6.45) is 1.72. The first-order valence-corrected chi connectivity index (χ1v) is 10.4. The topological polar surface area (TPSA) is 83.5 Å². The number of aromatic hydroxyl groups is 1. The number of rotatable bonds is 6. The van der Waals surface area contributed by atoms with Crippen molar-refractivity contribution in [3.05, 3.63) is 48.7 Å². The van der Waals surface area contributed by atoms with E-state index in [0.29, 0.717) is 17.2 Å². The Balaban J connectivity index is 2.02. The molecule has 27 heavy (non-hydrogen) atoms. The van der Waals surface area contributed by atoms with Gasteiger partial charge in [-0.3, -0.25) is 4.98 Å². The molecule has 3 N–H and O–H groups in total. The highest BCUT2D eigenvalue weighted by molar-refractivity contribution is 8.02. The van der Waals surface area contributed by atoms with Gasteiger partial charge >= 0.3 is 0 Å². The summed E-state index contributed by atoms with van der Waals surface area (Å²) in [6, 6.07) is 12.5. The van der Waals surface area contributed by atoms with E-state index in [0.717, 1.165) is 22.3 Å². The quantitative estimate of drug-likeness (QED) is 0.555. The van der Waals surface area contributed by atoms with E-state index in [1.165, 1.54) is 0 Å². The van der Waals surface area contributed by atoms with Crippen molar-refractivity contribution in [2.75, 3.05) is 22.9 Å². The van der Waals surface area contributed by atoms with Crippen LogP contribution in [0.1, 0.15) is 13.8 Å². The monoisotopic (exact) mass is 385 g/mol. The first kappa shape index (κ1) is 18.8. The summed E-state index contributed by atoms with van der Waals surface area (Å²) in [5.41, 5.74) is 3.08. The molecule has 0 saturated heterocycles. The van der Waals surface area contributed by atoms with Gasteiger partial charge in [-0.05, 0) is 36.6 Å². The molecule has 142 valence electrons. The Kier molecular flexibility index (Phi) is 5.41. The van der Waals surface area contributed by atoms with Gasteiger partial charge in [0.1, 0.15) is 11.5 Å². The van der Waals surface area contributed by atoms with Gasteiger partial charge in [0.15, 0.2) is 0 Å². The number of aromatic nitrogens is 1. The predicted molar refractivity (Wildman–Crippen MR) is 114 cm³/mol. The van der Waals surface area contributed by atoms with E-state index in [4.69, 9.17) is 4.74 Å². The Morgan fingerprint density at radius 3 is 2.70 bits per heavy atom. The molecule has 0 aliphatic rings. The van der Waals surface area contributed by atoms with E-state index in [2.05, 4.69) is 15.0 Å². The molecule has 0 radical (unpaired) electrons. The minimum Gasteiger partial charge on any atom is -0.508 e. The number of nitrogens with zero attached hydrogens (tertiary/aromatic N) is 1. The van der Waals surface area contributed by atoms with Gasteiger partial charge in [0, 0.05) is 62.3 Å². The molecule has 6 nitrogen and oxygen atoms in total. The number of hydrogen-bond donors (Lipinski definition) is 3. The van der Waals surface area contributed by atoms with Crippen molar-refractivity contribution < 1.29 is 14.1 Å². The first-order valence-electron chi connectivity index (χ1n) is 8.59. The van der Waals surface area contributed by atoms with Crippen LogP contribution in [0.5, 0.6) is 11.5 Å². The number of pyridine rings is 1. The molecule has 1 aromatic heterocycles. The van der Waals surface area contributed by atoms with Gasteiger partial charge in [0.25, 0.3) is 0 Å². The molecule has 0 saturated carbocycles. The number of phenols is 1. The second-order valence-electron chi connectivity index (χ2n) is 5.99. The molecular formula is C20H23N3O3S. The molecule has 0 amide bonds. The van der Waals surface area contributed by atoms with Crippen molar-refractivity contribution >= 4 is 43.0 Å². The van der Waals surface area contributed by atoms with Gasteiger partial charge in [0.2, 0.25) is 0 Å². The lowest BCUT2D eigenvalue weighted by Gasteiger charge is -2.14. The van der Waals surface area contributed by atoms with Gasteiger partial charge in [-0.2, -0.15) is 0 Å². The molecule has 1 heterocycles. The number of hydrogen-bond acceptors (Lipinski definition) is 5. The Labute approximate surface area is 159 Å². The molecule has 2 aromatic carbocycles. The number of benzene rings is 2. The molecule has 0 bridgehead atoms. The van der Waals surface area contributed by atoms with E-state index in [1.54, 1.807) is 43.8 Å². The smallest absolute Gasteiger partial charge is 0.124 e. The van der Waals surface area contributed by atoms with Crippen LogP contribution in [0.3, 0.4) is 0 Å². The van der Waals surface area contributed by atoms with Crippen molar-refractivity contribution in [2.45, 2.75) is 13.8 Å². The minimum absolute atomic E-state index is 0.110. The maximum Gasteiger partial charge on any atom is 0.124 e. The maximum atomic E-state index is 12.7. The third-order valence-corrected chi connectivity index (χ3v) is 6.45. The standard InChI is InChI=1S/C20H23N3O3S/c1-4-27(25,5-2)23-14-6-7-19-18(12-14)20(8-9-21-19)22-15-10-16(24)13-17(11-15)26-3/h4,6-13,24H,5H2,1-3H3,(H,21,22)(H,23,25). The van der Waals surface area contributed by atoms with Crippen molar-refractivity contribution in [2.24, 2.45) is 0 Å². The van der Waals surface area contributed by atoms with Gasteiger partial charge in [-0.25, -0.2) is 4.21 Å². The van der Waals surface area contributed by atoms with Crippen LogP contribution in [0.15, 0.2) is 48.7 Å². The summed E-state index contributed by atoms with van der Waals surface area (Å²) < 4.78 is 21.0. The van der Waals surface area contributed by atoms with Crippen LogP contribution in [0.2, 0.25) is 0 Å². The second-order valence-corrected chi connectivity index (χ2v) is 8.69. The molecule has 7 heteroatoms. The van der Waals surface area contributed by atoms with E-state index in [9.17, 15) is 9.32 Å². The van der Waals surface area contributed by atoms with Gasteiger partial charge < -0.3 is 19.9 Å². The maximum absolute atomic E-state index is 12.7. The Morgan fingerprint density at radius 2 is 2.00 bits per heavy atom. The number of phenolic OH excluding ortho intramolecular Hbond substituents is 1. The van der Waals surface area contributed by atoms with Crippen molar-refractivity contribution in [3.63, 3.8) is 0 Å². The van der Waals surface area contributed by atoms with Crippen molar-refractivity contribution in [1.82, 2.24) is 4.98 Å². The summed E-state index contributed by atoms with van der Waals surface area (Å²) in [5, 5.41) is 15.7. The minimum atomic E-state index is -2.24. The number of anilines is 3. The van der Waals surface area contributed by atoms with Crippen LogP contribution >= 0.6 is 0 Å². The van der Waals surface area contributed by atoms with Crippen molar-refractivity contribution in [1.29, 1.82) is 0 Å². The highest BCUT2D eigenvalue weighted by Crippen LogP contribution is 2.31. The van der Waals surface area contributed by atoms with Crippen LogP contribution in [-0.2, 0) is 9.71 Å². The summed E-state index contributed by atoms with van der Waals surface area (Å²) in [7, 11) is -0.688. The van der Waals surface area contributed by atoms with Crippen LogP contribution in [-0.4, -0.2) is 32.5 Å². The van der Waals surface area contributed by atoms with E-state index >= 15 is 0 Å². The Hall–Kier alpha value is -2.93. The van der Waals surface area contributed by atoms with E-state index in [-0.39, 0.29) is 5.75 Å². The molecular weight excluding hydrogens is 362 g/mol. The SMILES string of the molecule is CC=S(=O)(CC)Nc1ccc2nccc(Nc3cc(O)cc(OC)c3)c2c1. The lowest BCUT2D eigenvalue weighted by molar-refractivity contribution is 0.408. The number of fused-ring (bicyclic) bond motifs is 1. The largest absolute Gasteiger partial charge is 0.508 e. The molecule has 0 spiro atoms. The molecule has 0 aliphatic heterocycles. The molecule has 1 unspecified atom stereocenters. The third-order valence-electron chi connectivity index (χ3n) is 4.25. The lowest BCUT2D eigenvalue weighted by Crippen LogP contribution is -2.16. The van der Waals surface area contributed by atoms with E-state index in [1.807, 2.05) is 31.2 Å².